The van der Waals surface area contributed by atoms with E-state index in [1.807, 2.05) is 24.3 Å². The highest BCUT2D eigenvalue weighted by Crippen LogP contribution is 2.24. The quantitative estimate of drug-likeness (QED) is 0.812. The van der Waals surface area contributed by atoms with Crippen LogP contribution in [0.25, 0.3) is 0 Å². The fraction of sp³-hybridized carbons (Fsp3) is 0.286. The molecule has 146 valence electrons. The molecule has 0 radical (unpaired) electrons. The number of rotatable bonds is 4. The molecule has 0 fully saturated rings. The molecule has 1 atom stereocenters. The number of methoxy groups -OCH3 is 1. The van der Waals surface area contributed by atoms with Crippen molar-refractivity contribution in [3.63, 3.8) is 0 Å². The van der Waals surface area contributed by atoms with Crippen LogP contribution in [0.5, 0.6) is 5.75 Å². The number of carbonyl (C=O) groups is 3. The molecule has 0 bridgehead atoms. The van der Waals surface area contributed by atoms with Gasteiger partial charge in [-0.2, -0.15) is 0 Å². The second kappa shape index (κ2) is 8.12. The Hall–Kier alpha value is -3.35. The Morgan fingerprint density at radius 3 is 2.57 bits per heavy atom. The van der Waals surface area contributed by atoms with Gasteiger partial charge in [-0.15, -0.1) is 0 Å². The SMILES string of the molecule is COC(=O)[C@H]1Cc2ccccc2CN1C(=O)COC(=O)c1cc(C)ccc1O. The lowest BCUT2D eigenvalue weighted by atomic mass is 9.94. The number of benzene rings is 2. The predicted molar refractivity (Wildman–Crippen MR) is 99.6 cm³/mol. The van der Waals surface area contributed by atoms with Crippen LogP contribution in [0.2, 0.25) is 0 Å². The minimum absolute atomic E-state index is 0.0127. The van der Waals surface area contributed by atoms with Gasteiger partial charge in [-0.05, 0) is 30.2 Å². The summed E-state index contributed by atoms with van der Waals surface area (Å²) in [5.41, 5.74) is 2.66. The Kier molecular flexibility index (Phi) is 5.63. The summed E-state index contributed by atoms with van der Waals surface area (Å²) >= 11 is 0. The zero-order chi connectivity index (χ0) is 20.3. The molecule has 0 saturated heterocycles. The molecular weight excluding hydrogens is 362 g/mol. The number of hydrogen-bond donors (Lipinski definition) is 1. The molecule has 0 aliphatic carbocycles. The number of aryl methyl sites for hydroxylation is 1. The summed E-state index contributed by atoms with van der Waals surface area (Å²) in [6, 6.07) is 11.3. The predicted octanol–water partition coefficient (Wildman–Crippen LogP) is 1.98. The van der Waals surface area contributed by atoms with E-state index in [1.165, 1.54) is 24.1 Å². The summed E-state index contributed by atoms with van der Waals surface area (Å²) in [5, 5.41) is 9.82. The number of carbonyl (C=O) groups excluding carboxylic acids is 3. The molecule has 0 unspecified atom stereocenters. The van der Waals surface area contributed by atoms with Gasteiger partial charge in [0.1, 0.15) is 17.4 Å². The van der Waals surface area contributed by atoms with Gasteiger partial charge in [0.2, 0.25) is 0 Å². The Bertz CT molecular complexity index is 923. The topological polar surface area (TPSA) is 93.1 Å². The van der Waals surface area contributed by atoms with Crippen molar-refractivity contribution < 1.29 is 29.0 Å². The molecule has 28 heavy (non-hydrogen) atoms. The van der Waals surface area contributed by atoms with E-state index in [0.29, 0.717) is 6.42 Å². The first-order chi connectivity index (χ1) is 13.4. The molecule has 0 saturated carbocycles. The highest BCUT2D eigenvalue weighted by atomic mass is 16.5. The van der Waals surface area contributed by atoms with Gasteiger partial charge in [-0.3, -0.25) is 4.79 Å². The van der Waals surface area contributed by atoms with E-state index in [4.69, 9.17) is 9.47 Å². The highest BCUT2D eigenvalue weighted by molar-refractivity contribution is 5.94. The van der Waals surface area contributed by atoms with Crippen LogP contribution in [0.3, 0.4) is 0 Å². The molecule has 1 heterocycles. The molecule has 3 rings (SSSR count). The van der Waals surface area contributed by atoms with Crippen LogP contribution in [-0.2, 0) is 32.0 Å². The first kappa shape index (κ1) is 19.4. The smallest absolute Gasteiger partial charge is 0.342 e. The largest absolute Gasteiger partial charge is 0.507 e. The number of amides is 1. The number of ether oxygens (including phenoxy) is 2. The minimum atomic E-state index is -0.804. The van der Waals surface area contributed by atoms with Crippen molar-refractivity contribution in [1.82, 2.24) is 4.90 Å². The number of phenols is 1. The number of aromatic hydroxyl groups is 1. The third-order valence-electron chi connectivity index (χ3n) is 4.74. The van der Waals surface area contributed by atoms with Crippen LogP contribution in [0, 0.1) is 6.92 Å². The maximum absolute atomic E-state index is 12.7. The molecule has 1 aliphatic heterocycles. The zero-order valence-corrected chi connectivity index (χ0v) is 15.7. The number of fused-ring (bicyclic) bond motifs is 1. The fourth-order valence-electron chi connectivity index (χ4n) is 3.23. The van der Waals surface area contributed by atoms with Gasteiger partial charge in [-0.1, -0.05) is 35.9 Å². The second-order valence-corrected chi connectivity index (χ2v) is 6.63. The minimum Gasteiger partial charge on any atom is -0.507 e. The average molecular weight is 383 g/mol. The van der Waals surface area contributed by atoms with E-state index in [0.717, 1.165) is 16.7 Å². The van der Waals surface area contributed by atoms with Crippen LogP contribution in [-0.4, -0.2) is 47.6 Å². The molecule has 0 aromatic heterocycles. The van der Waals surface area contributed by atoms with Crippen LogP contribution in [0.15, 0.2) is 42.5 Å². The molecule has 7 nitrogen and oxygen atoms in total. The van der Waals surface area contributed by atoms with E-state index in [-0.39, 0.29) is 17.9 Å². The molecule has 7 heteroatoms. The maximum atomic E-state index is 12.7. The van der Waals surface area contributed by atoms with E-state index in [9.17, 15) is 19.5 Å². The van der Waals surface area contributed by atoms with Gasteiger partial charge >= 0.3 is 11.9 Å². The number of hydrogen-bond acceptors (Lipinski definition) is 6. The average Bonchev–Trinajstić information content (AvgIpc) is 2.71. The molecule has 2 aromatic rings. The normalized spacial score (nSPS) is 15.5. The summed E-state index contributed by atoms with van der Waals surface area (Å²) < 4.78 is 9.92. The first-order valence-electron chi connectivity index (χ1n) is 8.81. The summed E-state index contributed by atoms with van der Waals surface area (Å²) in [4.78, 5) is 38.5. The Morgan fingerprint density at radius 2 is 1.86 bits per heavy atom. The summed E-state index contributed by atoms with van der Waals surface area (Å²) in [6.07, 6.45) is 0.335. The third kappa shape index (κ3) is 3.98. The van der Waals surface area contributed by atoms with Crippen molar-refractivity contribution in [2.24, 2.45) is 0 Å². The lowest BCUT2D eigenvalue weighted by Crippen LogP contribution is -2.50. The van der Waals surface area contributed by atoms with E-state index < -0.39 is 30.5 Å². The zero-order valence-electron chi connectivity index (χ0n) is 15.7. The second-order valence-electron chi connectivity index (χ2n) is 6.63. The van der Waals surface area contributed by atoms with Gasteiger partial charge < -0.3 is 19.5 Å². The van der Waals surface area contributed by atoms with Crippen molar-refractivity contribution in [1.29, 1.82) is 0 Å². The molecule has 2 aromatic carbocycles. The van der Waals surface area contributed by atoms with Gasteiger partial charge in [0.05, 0.1) is 7.11 Å². The Balaban J connectivity index is 1.73. The van der Waals surface area contributed by atoms with Crippen LogP contribution in [0.4, 0.5) is 0 Å². The molecule has 1 N–H and O–H groups in total. The maximum Gasteiger partial charge on any atom is 0.342 e. The summed E-state index contributed by atoms with van der Waals surface area (Å²) in [7, 11) is 1.27. The van der Waals surface area contributed by atoms with Crippen LogP contribution >= 0.6 is 0 Å². The number of esters is 2. The molecular formula is C21H21NO6. The number of nitrogens with zero attached hydrogens (tertiary/aromatic N) is 1. The van der Waals surface area contributed by atoms with Gasteiger partial charge in [0.15, 0.2) is 6.61 Å². The molecule has 1 aliphatic rings. The van der Waals surface area contributed by atoms with E-state index >= 15 is 0 Å². The van der Waals surface area contributed by atoms with Crippen molar-refractivity contribution >= 4 is 17.8 Å². The van der Waals surface area contributed by atoms with Crippen molar-refractivity contribution in [3.05, 3.63) is 64.7 Å². The summed E-state index contributed by atoms with van der Waals surface area (Å²) in [6.45, 7) is 1.46. The van der Waals surface area contributed by atoms with E-state index in [1.54, 1.807) is 13.0 Å². The molecule has 0 spiro atoms. The lowest BCUT2D eigenvalue weighted by Gasteiger charge is -2.35. The lowest BCUT2D eigenvalue weighted by molar-refractivity contribution is -0.155. The van der Waals surface area contributed by atoms with Gasteiger partial charge in [0, 0.05) is 13.0 Å². The molecule has 1 amide bonds. The Labute approximate surface area is 162 Å². The summed E-state index contributed by atoms with van der Waals surface area (Å²) in [5.74, 6) is -2.06. The van der Waals surface area contributed by atoms with Crippen molar-refractivity contribution in [2.75, 3.05) is 13.7 Å². The van der Waals surface area contributed by atoms with Crippen molar-refractivity contribution in [2.45, 2.75) is 25.9 Å². The van der Waals surface area contributed by atoms with Gasteiger partial charge in [0.25, 0.3) is 5.91 Å². The Morgan fingerprint density at radius 1 is 1.14 bits per heavy atom. The van der Waals surface area contributed by atoms with Crippen LogP contribution in [0.1, 0.15) is 27.0 Å². The fourth-order valence-corrected chi connectivity index (χ4v) is 3.23. The highest BCUT2D eigenvalue weighted by Gasteiger charge is 2.35. The van der Waals surface area contributed by atoms with Crippen LogP contribution < -0.4 is 0 Å². The van der Waals surface area contributed by atoms with Crippen molar-refractivity contribution in [3.8, 4) is 5.75 Å². The standard InChI is InChI=1S/C21H21NO6/c1-13-7-8-18(23)16(9-13)20(25)28-12-19(24)22-11-15-6-4-3-5-14(15)10-17(22)21(26)27-2/h3-9,17,23H,10-12H2,1-2H3/t17-/m1/s1. The monoisotopic (exact) mass is 383 g/mol. The van der Waals surface area contributed by atoms with Gasteiger partial charge in [-0.25, -0.2) is 9.59 Å². The third-order valence-corrected chi connectivity index (χ3v) is 4.74. The number of phenolic OH excluding ortho intramolecular Hbond substituents is 1. The van der Waals surface area contributed by atoms with E-state index in [2.05, 4.69) is 0 Å². The first-order valence-corrected chi connectivity index (χ1v) is 8.81.